The highest BCUT2D eigenvalue weighted by molar-refractivity contribution is 7.89. The van der Waals surface area contributed by atoms with Gasteiger partial charge in [0.1, 0.15) is 0 Å². The van der Waals surface area contributed by atoms with E-state index in [2.05, 4.69) is 15.0 Å². The number of nitrogens with one attached hydrogen (secondary N) is 2. The minimum Gasteiger partial charge on any atom is -0.312 e. The van der Waals surface area contributed by atoms with Gasteiger partial charge in [0.05, 0.1) is 5.75 Å². The largest absolute Gasteiger partial charge is 0.312 e. The number of sulfonamides is 1. The van der Waals surface area contributed by atoms with Gasteiger partial charge in [-0.25, -0.2) is 13.1 Å². The Kier molecular flexibility index (Phi) is 5.54. The summed E-state index contributed by atoms with van der Waals surface area (Å²) in [4.78, 5) is 4.03. The van der Waals surface area contributed by atoms with Crippen LogP contribution < -0.4 is 10.0 Å². The third-order valence-corrected chi connectivity index (χ3v) is 3.84. The average Bonchev–Trinajstić information content (AvgIpc) is 2.26. The first-order valence-corrected chi connectivity index (χ1v) is 7.28. The van der Waals surface area contributed by atoms with E-state index in [1.807, 2.05) is 13.0 Å². The molecule has 0 aliphatic carbocycles. The third kappa shape index (κ3) is 5.25. The fraction of sp³-hybridized carbons (Fsp3) is 0.545. The highest BCUT2D eigenvalue weighted by Gasteiger charge is 2.07. The molecule has 0 aromatic carbocycles. The first kappa shape index (κ1) is 14.1. The highest BCUT2D eigenvalue weighted by Crippen LogP contribution is 2.03. The van der Waals surface area contributed by atoms with Crippen LogP contribution in [0.15, 0.2) is 18.5 Å². The topological polar surface area (TPSA) is 71.1 Å². The van der Waals surface area contributed by atoms with Gasteiger partial charge < -0.3 is 5.32 Å². The van der Waals surface area contributed by atoms with E-state index < -0.39 is 10.0 Å². The number of hydrogen-bond donors (Lipinski definition) is 2. The Balaban J connectivity index is 2.32. The van der Waals surface area contributed by atoms with Gasteiger partial charge in [0.15, 0.2) is 0 Å². The summed E-state index contributed by atoms with van der Waals surface area (Å²) < 4.78 is 25.1. The van der Waals surface area contributed by atoms with Gasteiger partial charge in [0.2, 0.25) is 10.0 Å². The molecular formula is C11H19N3O2S. The Labute approximate surface area is 103 Å². The zero-order valence-corrected chi connectivity index (χ0v) is 11.0. The Morgan fingerprint density at radius 3 is 2.82 bits per heavy atom. The fourth-order valence-electron chi connectivity index (χ4n) is 1.40. The molecule has 1 aromatic heterocycles. The maximum atomic E-state index is 11.3. The summed E-state index contributed by atoms with van der Waals surface area (Å²) >= 11 is 0. The maximum absolute atomic E-state index is 11.3. The number of aryl methyl sites for hydroxylation is 1. The molecule has 0 atom stereocenters. The quantitative estimate of drug-likeness (QED) is 0.694. The van der Waals surface area contributed by atoms with E-state index >= 15 is 0 Å². The van der Waals surface area contributed by atoms with Gasteiger partial charge in [0, 0.05) is 32.0 Å². The first-order chi connectivity index (χ1) is 8.05. The summed E-state index contributed by atoms with van der Waals surface area (Å²) in [6, 6.07) is 1.94. The minimum absolute atomic E-state index is 0.0974. The second-order valence-electron chi connectivity index (χ2n) is 3.80. The molecule has 0 fully saturated rings. The number of aromatic nitrogens is 1. The van der Waals surface area contributed by atoms with Crippen LogP contribution in [0.2, 0.25) is 0 Å². The lowest BCUT2D eigenvalue weighted by atomic mass is 10.2. The monoisotopic (exact) mass is 257 g/mol. The smallest absolute Gasteiger partial charge is 0.212 e. The van der Waals surface area contributed by atoms with Crippen LogP contribution in [-0.2, 0) is 16.6 Å². The molecule has 0 bridgehead atoms. The molecule has 6 heteroatoms. The molecule has 96 valence electrons. The van der Waals surface area contributed by atoms with Gasteiger partial charge in [-0.2, -0.15) is 0 Å². The second-order valence-corrected chi connectivity index (χ2v) is 5.72. The van der Waals surface area contributed by atoms with Gasteiger partial charge in [-0.3, -0.25) is 4.98 Å². The van der Waals surface area contributed by atoms with E-state index in [1.165, 1.54) is 0 Å². The first-order valence-electron chi connectivity index (χ1n) is 5.62. The summed E-state index contributed by atoms with van der Waals surface area (Å²) in [6.07, 6.45) is 3.54. The molecular weight excluding hydrogens is 238 g/mol. The fourth-order valence-corrected chi connectivity index (χ4v) is 2.40. The average molecular weight is 257 g/mol. The molecule has 0 spiro atoms. The van der Waals surface area contributed by atoms with Crippen molar-refractivity contribution in [3.63, 3.8) is 0 Å². The summed E-state index contributed by atoms with van der Waals surface area (Å²) in [5, 5.41) is 3.10. The molecule has 1 aromatic rings. The molecule has 0 saturated carbocycles. The van der Waals surface area contributed by atoms with Crippen LogP contribution in [0, 0.1) is 6.92 Å². The number of pyridine rings is 1. The molecule has 0 radical (unpaired) electrons. The van der Waals surface area contributed by atoms with Crippen molar-refractivity contribution in [2.75, 3.05) is 18.8 Å². The highest BCUT2D eigenvalue weighted by atomic mass is 32.2. The van der Waals surface area contributed by atoms with E-state index in [0.717, 1.165) is 11.1 Å². The molecule has 0 aliphatic rings. The van der Waals surface area contributed by atoms with Crippen LogP contribution in [0.1, 0.15) is 18.1 Å². The van der Waals surface area contributed by atoms with Crippen molar-refractivity contribution in [3.8, 4) is 0 Å². The van der Waals surface area contributed by atoms with Crippen LogP contribution in [-0.4, -0.2) is 32.2 Å². The lowest BCUT2D eigenvalue weighted by Gasteiger charge is -2.07. The van der Waals surface area contributed by atoms with E-state index in [4.69, 9.17) is 0 Å². The lowest BCUT2D eigenvalue weighted by molar-refractivity contribution is 0.578. The van der Waals surface area contributed by atoms with Crippen molar-refractivity contribution in [2.24, 2.45) is 0 Å². The predicted molar refractivity (Wildman–Crippen MR) is 68.1 cm³/mol. The van der Waals surface area contributed by atoms with Crippen LogP contribution in [0.5, 0.6) is 0 Å². The zero-order valence-electron chi connectivity index (χ0n) is 10.2. The van der Waals surface area contributed by atoms with Crippen molar-refractivity contribution < 1.29 is 8.42 Å². The summed E-state index contributed by atoms with van der Waals surface area (Å²) in [5.74, 6) is 0.0974. The van der Waals surface area contributed by atoms with Gasteiger partial charge in [0.25, 0.3) is 0 Å². The van der Waals surface area contributed by atoms with Gasteiger partial charge in [-0.1, -0.05) is 6.92 Å². The SMILES string of the molecule is CCNS(=O)(=O)CCNCc1cnccc1C. The second kappa shape index (κ2) is 6.68. The number of hydrogen-bond acceptors (Lipinski definition) is 4. The summed E-state index contributed by atoms with van der Waals surface area (Å²) in [6.45, 7) is 5.28. The zero-order chi connectivity index (χ0) is 12.7. The van der Waals surface area contributed by atoms with Crippen molar-refractivity contribution in [1.29, 1.82) is 0 Å². The van der Waals surface area contributed by atoms with E-state index in [9.17, 15) is 8.42 Å². The predicted octanol–water partition coefficient (Wildman–Crippen LogP) is 0.419. The van der Waals surface area contributed by atoms with Crippen LogP contribution in [0.3, 0.4) is 0 Å². The normalized spacial score (nSPS) is 11.6. The number of nitrogens with zero attached hydrogens (tertiary/aromatic N) is 1. The van der Waals surface area contributed by atoms with Crippen molar-refractivity contribution in [3.05, 3.63) is 29.6 Å². The summed E-state index contributed by atoms with van der Waals surface area (Å²) in [5.41, 5.74) is 2.25. The lowest BCUT2D eigenvalue weighted by Crippen LogP contribution is -2.31. The number of rotatable bonds is 7. The van der Waals surface area contributed by atoms with Crippen LogP contribution >= 0.6 is 0 Å². The molecule has 5 nitrogen and oxygen atoms in total. The molecule has 1 rings (SSSR count). The molecule has 17 heavy (non-hydrogen) atoms. The van der Waals surface area contributed by atoms with Gasteiger partial charge in [-0.15, -0.1) is 0 Å². The van der Waals surface area contributed by atoms with Crippen molar-refractivity contribution in [2.45, 2.75) is 20.4 Å². The van der Waals surface area contributed by atoms with E-state index in [-0.39, 0.29) is 5.75 Å². The van der Waals surface area contributed by atoms with Crippen molar-refractivity contribution >= 4 is 10.0 Å². The van der Waals surface area contributed by atoms with Gasteiger partial charge in [-0.05, 0) is 24.1 Å². The molecule has 0 unspecified atom stereocenters. The third-order valence-electron chi connectivity index (χ3n) is 2.37. The molecule has 0 saturated heterocycles. The summed E-state index contributed by atoms with van der Waals surface area (Å²) in [7, 11) is -3.12. The maximum Gasteiger partial charge on any atom is 0.212 e. The molecule has 2 N–H and O–H groups in total. The minimum atomic E-state index is -3.12. The Bertz CT molecular complexity index is 446. The Hall–Kier alpha value is -0.980. The standard InChI is InChI=1S/C11H19N3O2S/c1-3-14-17(15,16)7-6-13-9-11-8-12-5-4-10(11)2/h4-5,8,13-14H,3,6-7,9H2,1-2H3. The Morgan fingerprint density at radius 2 is 2.18 bits per heavy atom. The molecule has 1 heterocycles. The van der Waals surface area contributed by atoms with Gasteiger partial charge >= 0.3 is 0 Å². The molecule has 0 aliphatic heterocycles. The van der Waals surface area contributed by atoms with E-state index in [1.54, 1.807) is 19.3 Å². The van der Waals surface area contributed by atoms with Crippen LogP contribution in [0.4, 0.5) is 0 Å². The Morgan fingerprint density at radius 1 is 1.41 bits per heavy atom. The van der Waals surface area contributed by atoms with E-state index in [0.29, 0.717) is 19.6 Å². The molecule has 0 amide bonds. The van der Waals surface area contributed by atoms with Crippen LogP contribution in [0.25, 0.3) is 0 Å². The van der Waals surface area contributed by atoms with Crippen molar-refractivity contribution in [1.82, 2.24) is 15.0 Å².